The summed E-state index contributed by atoms with van der Waals surface area (Å²) in [7, 11) is 0. The van der Waals surface area contributed by atoms with Crippen LogP contribution in [-0.2, 0) is 27.2 Å². The van der Waals surface area contributed by atoms with E-state index in [2.05, 4.69) is 24.1 Å². The van der Waals surface area contributed by atoms with E-state index < -0.39 is 0 Å². The lowest BCUT2D eigenvalue weighted by atomic mass is 10.0. The summed E-state index contributed by atoms with van der Waals surface area (Å²) in [5.74, 6) is 0.434. The monoisotopic (exact) mass is 511 g/mol. The van der Waals surface area contributed by atoms with Crippen molar-refractivity contribution in [3.8, 4) is 0 Å². The third-order valence-electron chi connectivity index (χ3n) is 7.19. The Balaban J connectivity index is 1.35. The molecule has 7 heteroatoms. The van der Waals surface area contributed by atoms with Gasteiger partial charge in [0.25, 0.3) is 0 Å². The number of piperidine rings is 1. The molecular formula is C30H42FN3O3. The zero-order valence-electron chi connectivity index (χ0n) is 22.3. The molecule has 0 bridgehead atoms. The Bertz CT molecular complexity index is 953. The molecule has 0 aliphatic carbocycles. The van der Waals surface area contributed by atoms with E-state index in [4.69, 9.17) is 9.47 Å². The molecule has 0 atom stereocenters. The average molecular weight is 512 g/mol. The quantitative estimate of drug-likeness (QED) is 0.456. The van der Waals surface area contributed by atoms with Crippen LogP contribution >= 0.6 is 0 Å². The number of nitrogens with zero attached hydrogens (tertiary/aromatic N) is 2. The highest BCUT2D eigenvalue weighted by Gasteiger charge is 2.28. The number of hydrogen-bond acceptors (Lipinski definition) is 5. The highest BCUT2D eigenvalue weighted by atomic mass is 19.1. The van der Waals surface area contributed by atoms with Gasteiger partial charge in [-0.15, -0.1) is 0 Å². The van der Waals surface area contributed by atoms with E-state index in [1.54, 1.807) is 12.1 Å². The van der Waals surface area contributed by atoms with Gasteiger partial charge in [-0.25, -0.2) is 4.39 Å². The molecule has 202 valence electrons. The number of ether oxygens (including phenoxy) is 2. The summed E-state index contributed by atoms with van der Waals surface area (Å²) in [6.07, 6.45) is 3.98. The number of carbonyl (C=O) groups excluding carboxylic acids is 1. The van der Waals surface area contributed by atoms with Crippen LogP contribution < -0.4 is 5.32 Å². The van der Waals surface area contributed by atoms with Gasteiger partial charge in [0.05, 0.1) is 19.6 Å². The smallest absolute Gasteiger partial charge is 0.227 e. The van der Waals surface area contributed by atoms with E-state index in [9.17, 15) is 9.18 Å². The van der Waals surface area contributed by atoms with Gasteiger partial charge in [-0.2, -0.15) is 0 Å². The molecule has 0 aromatic heterocycles. The lowest BCUT2D eigenvalue weighted by Gasteiger charge is -2.39. The van der Waals surface area contributed by atoms with E-state index >= 15 is 0 Å². The molecule has 0 saturated carbocycles. The van der Waals surface area contributed by atoms with Crippen LogP contribution in [0.1, 0.15) is 50.7 Å². The van der Waals surface area contributed by atoms with Crippen LogP contribution in [0.15, 0.2) is 48.5 Å². The van der Waals surface area contributed by atoms with E-state index in [0.29, 0.717) is 18.9 Å². The number of nitrogens with one attached hydrogen (secondary N) is 1. The first-order valence-corrected chi connectivity index (χ1v) is 13.8. The highest BCUT2D eigenvalue weighted by Crippen LogP contribution is 2.22. The van der Waals surface area contributed by atoms with Crippen molar-refractivity contribution in [3.63, 3.8) is 0 Å². The standard InChI is InChI=1S/C30H42FN3O3/c1-23(2)21-32-27-10-6-24(7-11-27)20-29(35)34(22-25-4-8-26(31)9-5-25)28-12-15-33(16-13-28)17-14-30-36-18-3-19-37-30/h4-11,23,28,30,32H,3,12-22H2,1-2H3. The Morgan fingerprint density at radius 1 is 1.03 bits per heavy atom. The number of rotatable bonds is 11. The second kappa shape index (κ2) is 13.9. The molecule has 0 unspecified atom stereocenters. The largest absolute Gasteiger partial charge is 0.385 e. The van der Waals surface area contributed by atoms with Crippen molar-refractivity contribution in [3.05, 3.63) is 65.5 Å². The Labute approximate surface area is 221 Å². The lowest BCUT2D eigenvalue weighted by molar-refractivity contribution is -0.182. The number of benzene rings is 2. The van der Waals surface area contributed by atoms with Gasteiger partial charge in [0.1, 0.15) is 5.82 Å². The topological polar surface area (TPSA) is 54.0 Å². The first kappa shape index (κ1) is 27.6. The molecule has 2 aliphatic rings. The summed E-state index contributed by atoms with van der Waals surface area (Å²) in [6.45, 7) is 10.2. The SMILES string of the molecule is CC(C)CNc1ccc(CC(=O)N(Cc2ccc(F)cc2)C2CCN(CCC3OCCCO3)CC2)cc1. The molecule has 2 fully saturated rings. The molecule has 2 saturated heterocycles. The van der Waals surface area contributed by atoms with Gasteiger partial charge >= 0.3 is 0 Å². The van der Waals surface area contributed by atoms with Crippen molar-refractivity contribution >= 4 is 11.6 Å². The molecule has 37 heavy (non-hydrogen) atoms. The predicted octanol–water partition coefficient (Wildman–Crippen LogP) is 5.08. The average Bonchev–Trinajstić information content (AvgIpc) is 2.92. The summed E-state index contributed by atoms with van der Waals surface area (Å²) in [6, 6.07) is 14.8. The van der Waals surface area contributed by atoms with E-state index in [1.165, 1.54) is 12.1 Å². The molecule has 4 rings (SSSR count). The van der Waals surface area contributed by atoms with Crippen LogP contribution in [0.3, 0.4) is 0 Å². The minimum atomic E-state index is -0.257. The number of hydrogen-bond donors (Lipinski definition) is 1. The third kappa shape index (κ3) is 8.80. The molecule has 0 spiro atoms. The number of amides is 1. The maximum Gasteiger partial charge on any atom is 0.227 e. The zero-order chi connectivity index (χ0) is 26.0. The maximum atomic E-state index is 13.6. The lowest BCUT2D eigenvalue weighted by Crippen LogP contribution is -2.48. The normalized spacial score (nSPS) is 17.7. The number of anilines is 1. The van der Waals surface area contributed by atoms with Gasteiger partial charge < -0.3 is 24.6 Å². The number of halogens is 1. The fourth-order valence-electron chi connectivity index (χ4n) is 4.99. The van der Waals surface area contributed by atoms with E-state index in [0.717, 1.165) is 81.9 Å². The molecule has 1 amide bonds. The Hall–Kier alpha value is -2.48. The molecule has 0 radical (unpaired) electrons. The van der Waals surface area contributed by atoms with Crippen LogP contribution in [0, 0.1) is 11.7 Å². The fourth-order valence-corrected chi connectivity index (χ4v) is 4.99. The van der Waals surface area contributed by atoms with Crippen LogP contribution in [0.5, 0.6) is 0 Å². The number of likely N-dealkylation sites (tertiary alicyclic amines) is 1. The summed E-state index contributed by atoms with van der Waals surface area (Å²) in [5, 5.41) is 3.43. The van der Waals surface area contributed by atoms with Crippen LogP contribution in [-0.4, -0.2) is 67.4 Å². The van der Waals surface area contributed by atoms with Crippen molar-refractivity contribution in [1.82, 2.24) is 9.80 Å². The number of carbonyl (C=O) groups is 1. The summed E-state index contributed by atoms with van der Waals surface area (Å²) < 4.78 is 24.9. The Morgan fingerprint density at radius 3 is 2.32 bits per heavy atom. The Kier molecular flexibility index (Phi) is 10.3. The van der Waals surface area contributed by atoms with Crippen molar-refractivity contribution in [2.24, 2.45) is 5.92 Å². The van der Waals surface area contributed by atoms with Crippen LogP contribution in [0.2, 0.25) is 0 Å². The van der Waals surface area contributed by atoms with Gasteiger partial charge in [0.2, 0.25) is 5.91 Å². The van der Waals surface area contributed by atoms with Gasteiger partial charge in [0.15, 0.2) is 6.29 Å². The van der Waals surface area contributed by atoms with Gasteiger partial charge in [-0.1, -0.05) is 38.1 Å². The first-order valence-electron chi connectivity index (χ1n) is 13.8. The van der Waals surface area contributed by atoms with Crippen molar-refractivity contribution < 1.29 is 18.7 Å². The predicted molar refractivity (Wildman–Crippen MR) is 145 cm³/mol. The zero-order valence-corrected chi connectivity index (χ0v) is 22.3. The molecule has 2 heterocycles. The van der Waals surface area contributed by atoms with Gasteiger partial charge in [0, 0.05) is 50.9 Å². The molecule has 2 aromatic carbocycles. The molecule has 2 aromatic rings. The van der Waals surface area contributed by atoms with E-state index in [-0.39, 0.29) is 24.1 Å². The van der Waals surface area contributed by atoms with E-state index in [1.807, 2.05) is 29.2 Å². The second-order valence-corrected chi connectivity index (χ2v) is 10.7. The molecule has 2 aliphatic heterocycles. The minimum Gasteiger partial charge on any atom is -0.385 e. The van der Waals surface area contributed by atoms with Crippen LogP contribution in [0.25, 0.3) is 0 Å². The summed E-state index contributed by atoms with van der Waals surface area (Å²) in [4.78, 5) is 18.0. The molecule has 6 nitrogen and oxygen atoms in total. The molecule has 1 N–H and O–H groups in total. The van der Waals surface area contributed by atoms with Gasteiger partial charge in [-0.05, 0) is 60.6 Å². The third-order valence-corrected chi connectivity index (χ3v) is 7.19. The van der Waals surface area contributed by atoms with Crippen molar-refractivity contribution in [1.29, 1.82) is 0 Å². The second-order valence-electron chi connectivity index (χ2n) is 10.7. The summed E-state index contributed by atoms with van der Waals surface area (Å²) in [5.41, 5.74) is 3.04. The van der Waals surface area contributed by atoms with Crippen LogP contribution in [0.4, 0.5) is 10.1 Å². The minimum absolute atomic E-state index is 0.0880. The maximum absolute atomic E-state index is 13.6. The van der Waals surface area contributed by atoms with Gasteiger partial charge in [-0.3, -0.25) is 4.79 Å². The van der Waals surface area contributed by atoms with Crippen molar-refractivity contribution in [2.45, 2.75) is 64.8 Å². The summed E-state index contributed by atoms with van der Waals surface area (Å²) >= 11 is 0. The van der Waals surface area contributed by atoms with Crippen molar-refractivity contribution in [2.75, 3.05) is 44.7 Å². The molecular weight excluding hydrogens is 469 g/mol. The first-order chi connectivity index (χ1) is 18.0. The Morgan fingerprint density at radius 2 is 1.68 bits per heavy atom. The highest BCUT2D eigenvalue weighted by molar-refractivity contribution is 5.79. The fraction of sp³-hybridized carbons (Fsp3) is 0.567.